The van der Waals surface area contributed by atoms with Crippen molar-refractivity contribution in [2.75, 3.05) is 45.9 Å². The smallest absolute Gasteiger partial charge is 0.232 e. The number of aromatic nitrogens is 2. The lowest BCUT2D eigenvalue weighted by atomic mass is 9.94. The van der Waals surface area contributed by atoms with Gasteiger partial charge >= 0.3 is 0 Å². The number of nitrogens with zero attached hydrogens (tertiary/aromatic N) is 4. The Morgan fingerprint density at radius 1 is 1.03 bits per heavy atom. The Morgan fingerprint density at radius 3 is 2.59 bits per heavy atom. The van der Waals surface area contributed by atoms with E-state index in [1.165, 1.54) is 89.8 Å². The molecule has 1 aromatic heterocycles. The summed E-state index contributed by atoms with van der Waals surface area (Å²) in [6.45, 7) is 9.89. The lowest BCUT2D eigenvalue weighted by Crippen LogP contribution is -2.50. The molecule has 0 spiro atoms. The molecular weight excluding hydrogens is 436 g/mol. The second kappa shape index (κ2) is 16.1. The van der Waals surface area contributed by atoms with Gasteiger partial charge in [0.15, 0.2) is 0 Å². The molecule has 0 amide bonds. The van der Waals surface area contributed by atoms with Gasteiger partial charge in [0, 0.05) is 50.5 Å². The zero-order valence-corrected chi connectivity index (χ0v) is 20.8. The number of ether oxygens (including phenoxy) is 1. The summed E-state index contributed by atoms with van der Waals surface area (Å²) in [6, 6.07) is 3.03. The fraction of sp³-hybridized carbons (Fsp3) is 0.800. The van der Waals surface area contributed by atoms with Crippen molar-refractivity contribution in [1.82, 2.24) is 19.6 Å². The summed E-state index contributed by atoms with van der Waals surface area (Å²) in [5.41, 5.74) is 1.35. The molecule has 34 heavy (non-hydrogen) atoms. The molecule has 3 heterocycles. The Balaban J connectivity index is 0.000000350. The van der Waals surface area contributed by atoms with Crippen molar-refractivity contribution in [3.63, 3.8) is 0 Å². The standard InChI is InChI=1S/C21H36N4O.C4H6O4/c1-2-8-19(9-3-1)24-15-13-23(14-16-24)11-6-7-17-26-21-18-20-10-4-5-12-25(20)22-21;1-2-3-4-6-8-7-5/h18-19H,1-17H2;5H,4H2,1H3. The number of rotatable bonds is 10. The van der Waals surface area contributed by atoms with Crippen LogP contribution in [-0.2, 0) is 27.9 Å². The zero-order chi connectivity index (χ0) is 23.8. The molecule has 9 nitrogen and oxygen atoms in total. The largest absolute Gasteiger partial charge is 0.477 e. The van der Waals surface area contributed by atoms with Crippen LogP contribution in [0.4, 0.5) is 0 Å². The van der Waals surface area contributed by atoms with E-state index in [2.05, 4.69) is 52.5 Å². The van der Waals surface area contributed by atoms with E-state index in [0.29, 0.717) is 0 Å². The highest BCUT2D eigenvalue weighted by atomic mass is 17.6. The number of hydrogen-bond acceptors (Lipinski definition) is 8. The molecule has 0 bridgehead atoms. The summed E-state index contributed by atoms with van der Waals surface area (Å²) in [5, 5.41) is 18.7. The molecule has 192 valence electrons. The van der Waals surface area contributed by atoms with Crippen LogP contribution in [0.3, 0.4) is 0 Å². The molecular formula is C25H42N4O5. The van der Waals surface area contributed by atoms with E-state index in [1.54, 1.807) is 6.92 Å². The Hall–Kier alpha value is -1.67. The van der Waals surface area contributed by atoms with Gasteiger partial charge in [-0.25, -0.2) is 5.26 Å². The van der Waals surface area contributed by atoms with Gasteiger partial charge in [0.05, 0.1) is 6.61 Å². The minimum absolute atomic E-state index is 0.0804. The zero-order valence-electron chi connectivity index (χ0n) is 20.8. The summed E-state index contributed by atoms with van der Waals surface area (Å²) < 4.78 is 8.02. The second-order valence-corrected chi connectivity index (χ2v) is 9.21. The van der Waals surface area contributed by atoms with E-state index in [9.17, 15) is 0 Å². The van der Waals surface area contributed by atoms with Crippen LogP contribution in [-0.4, -0.2) is 76.8 Å². The molecule has 1 N–H and O–H groups in total. The van der Waals surface area contributed by atoms with Crippen LogP contribution in [0.15, 0.2) is 6.07 Å². The van der Waals surface area contributed by atoms with Gasteiger partial charge in [-0.3, -0.25) is 9.58 Å². The van der Waals surface area contributed by atoms with Crippen LogP contribution >= 0.6 is 0 Å². The highest BCUT2D eigenvalue weighted by Crippen LogP contribution is 2.23. The van der Waals surface area contributed by atoms with Gasteiger partial charge in [0.25, 0.3) is 0 Å². The number of unbranched alkanes of at least 4 members (excludes halogenated alkanes) is 1. The molecule has 0 aromatic carbocycles. The number of hydrogen-bond donors (Lipinski definition) is 1. The molecule has 0 unspecified atom stereocenters. The first-order chi connectivity index (χ1) is 16.8. The fourth-order valence-corrected chi connectivity index (χ4v) is 5.02. The fourth-order valence-electron chi connectivity index (χ4n) is 5.02. The van der Waals surface area contributed by atoms with Crippen LogP contribution < -0.4 is 4.74 Å². The van der Waals surface area contributed by atoms with Crippen LogP contribution in [0.1, 0.15) is 70.4 Å². The third kappa shape index (κ3) is 9.53. The van der Waals surface area contributed by atoms with Gasteiger partial charge in [-0.15, -0.1) is 11.0 Å². The van der Waals surface area contributed by atoms with Gasteiger partial charge in [-0.1, -0.05) is 25.2 Å². The number of piperazine rings is 1. The summed E-state index contributed by atoms with van der Waals surface area (Å²) in [7, 11) is 0. The van der Waals surface area contributed by atoms with Crippen molar-refractivity contribution < 1.29 is 25.0 Å². The van der Waals surface area contributed by atoms with Crippen molar-refractivity contribution in [2.24, 2.45) is 0 Å². The molecule has 2 aliphatic heterocycles. The second-order valence-electron chi connectivity index (χ2n) is 9.21. The predicted molar refractivity (Wildman–Crippen MR) is 129 cm³/mol. The monoisotopic (exact) mass is 478 g/mol. The van der Waals surface area contributed by atoms with Crippen molar-refractivity contribution in [3.05, 3.63) is 11.8 Å². The molecule has 2 fully saturated rings. The quantitative estimate of drug-likeness (QED) is 0.236. The molecule has 9 heteroatoms. The van der Waals surface area contributed by atoms with E-state index in [-0.39, 0.29) is 6.61 Å². The minimum Gasteiger partial charge on any atom is -0.477 e. The van der Waals surface area contributed by atoms with Crippen LogP contribution in [0.5, 0.6) is 5.88 Å². The summed E-state index contributed by atoms with van der Waals surface area (Å²) in [5.74, 6) is 5.87. The van der Waals surface area contributed by atoms with E-state index in [4.69, 9.17) is 9.99 Å². The maximum Gasteiger partial charge on any atom is 0.232 e. The van der Waals surface area contributed by atoms with Crippen molar-refractivity contribution >= 4 is 0 Å². The minimum atomic E-state index is 0.0804. The van der Waals surface area contributed by atoms with Gasteiger partial charge in [0.1, 0.15) is 6.61 Å². The Labute approximate surface area is 204 Å². The van der Waals surface area contributed by atoms with Gasteiger partial charge in [-0.05, 0) is 68.5 Å². The van der Waals surface area contributed by atoms with Gasteiger partial charge in [0.2, 0.25) is 5.88 Å². The lowest BCUT2D eigenvalue weighted by molar-refractivity contribution is -0.620. The van der Waals surface area contributed by atoms with Crippen LogP contribution in [0.25, 0.3) is 0 Å². The van der Waals surface area contributed by atoms with Crippen LogP contribution in [0.2, 0.25) is 0 Å². The van der Waals surface area contributed by atoms with E-state index < -0.39 is 0 Å². The Bertz CT molecular complexity index is 710. The lowest BCUT2D eigenvalue weighted by Gasteiger charge is -2.40. The Kier molecular flexibility index (Phi) is 12.7. The number of aryl methyl sites for hydroxylation is 2. The van der Waals surface area contributed by atoms with Gasteiger partial charge < -0.3 is 9.64 Å². The molecule has 1 saturated heterocycles. The molecule has 1 aromatic rings. The molecule has 0 atom stereocenters. The third-order valence-corrected chi connectivity index (χ3v) is 6.90. The normalized spacial score (nSPS) is 19.5. The highest BCUT2D eigenvalue weighted by Gasteiger charge is 2.24. The van der Waals surface area contributed by atoms with Crippen molar-refractivity contribution in [3.8, 4) is 17.7 Å². The molecule has 3 aliphatic rings. The average molecular weight is 479 g/mol. The first-order valence-corrected chi connectivity index (χ1v) is 13.0. The maximum atomic E-state index is 7.47. The summed E-state index contributed by atoms with van der Waals surface area (Å²) in [4.78, 5) is 9.49. The highest BCUT2D eigenvalue weighted by molar-refractivity contribution is 5.16. The van der Waals surface area contributed by atoms with Crippen LogP contribution in [0, 0.1) is 11.8 Å². The average Bonchev–Trinajstić information content (AvgIpc) is 3.31. The molecule has 4 rings (SSSR count). The van der Waals surface area contributed by atoms with E-state index >= 15 is 0 Å². The summed E-state index contributed by atoms with van der Waals surface area (Å²) in [6.07, 6.45) is 13.3. The van der Waals surface area contributed by atoms with E-state index in [1.807, 2.05) is 0 Å². The third-order valence-electron chi connectivity index (χ3n) is 6.90. The maximum absolute atomic E-state index is 7.47. The van der Waals surface area contributed by atoms with E-state index in [0.717, 1.165) is 37.9 Å². The number of fused-ring (bicyclic) bond motifs is 1. The molecule has 1 aliphatic carbocycles. The van der Waals surface area contributed by atoms with Crippen molar-refractivity contribution in [1.29, 1.82) is 0 Å². The Morgan fingerprint density at radius 2 is 1.85 bits per heavy atom. The molecule has 1 saturated carbocycles. The first-order valence-electron chi connectivity index (χ1n) is 13.0. The first kappa shape index (κ1) is 26.9. The van der Waals surface area contributed by atoms with Gasteiger partial charge in [-0.2, -0.15) is 4.89 Å². The van der Waals surface area contributed by atoms with Crippen molar-refractivity contribution in [2.45, 2.75) is 83.7 Å². The topological polar surface area (TPSA) is 81.5 Å². The molecule has 0 radical (unpaired) electrons. The summed E-state index contributed by atoms with van der Waals surface area (Å²) >= 11 is 0. The predicted octanol–water partition coefficient (Wildman–Crippen LogP) is 3.69. The SMILES string of the molecule is CC#CCOOOO.c1c(OCCCCN2CCN(C3CCCCC3)CC2)nn2c1CCCC2.